The summed E-state index contributed by atoms with van der Waals surface area (Å²) in [5.74, 6) is 0.597. The van der Waals surface area contributed by atoms with Gasteiger partial charge in [0.15, 0.2) is 11.9 Å². The SMILES string of the molecule is CC.CC[C@@H]1CC[C@H](n2ncc3c(=O)[nH]c(C)nc32)O1.CO. The molecule has 3 heterocycles. The van der Waals surface area contributed by atoms with Crippen molar-refractivity contribution in [2.45, 2.75) is 59.3 Å². The molecule has 1 saturated heterocycles. The number of aromatic amines is 1. The Hall–Kier alpha value is -1.73. The van der Waals surface area contributed by atoms with E-state index >= 15 is 0 Å². The fourth-order valence-corrected chi connectivity index (χ4v) is 2.42. The topological polar surface area (TPSA) is 93.0 Å². The second-order valence-corrected chi connectivity index (χ2v) is 4.68. The molecule has 7 heteroatoms. The lowest BCUT2D eigenvalue weighted by Crippen LogP contribution is -2.15. The third kappa shape index (κ3) is 3.72. The van der Waals surface area contributed by atoms with E-state index in [1.165, 1.54) is 0 Å². The van der Waals surface area contributed by atoms with Crippen LogP contribution in [0.5, 0.6) is 0 Å². The van der Waals surface area contributed by atoms with Gasteiger partial charge in [0.25, 0.3) is 5.56 Å². The first-order chi connectivity index (χ1) is 10.7. The van der Waals surface area contributed by atoms with E-state index < -0.39 is 0 Å². The van der Waals surface area contributed by atoms with Crippen LogP contribution >= 0.6 is 0 Å². The molecule has 0 spiro atoms. The van der Waals surface area contributed by atoms with Gasteiger partial charge in [-0.05, 0) is 26.2 Å². The van der Waals surface area contributed by atoms with E-state index in [-0.39, 0.29) is 17.9 Å². The van der Waals surface area contributed by atoms with Gasteiger partial charge in [0, 0.05) is 7.11 Å². The molecule has 0 aromatic carbocycles. The summed E-state index contributed by atoms with van der Waals surface area (Å²) in [5, 5.41) is 11.8. The molecule has 2 aromatic rings. The normalized spacial score (nSPS) is 20.1. The number of rotatable bonds is 2. The van der Waals surface area contributed by atoms with E-state index in [4.69, 9.17) is 9.84 Å². The number of fused-ring (bicyclic) bond motifs is 1. The van der Waals surface area contributed by atoms with Crippen LogP contribution in [0.15, 0.2) is 11.0 Å². The lowest BCUT2D eigenvalue weighted by Gasteiger charge is -2.13. The minimum absolute atomic E-state index is 0.0962. The summed E-state index contributed by atoms with van der Waals surface area (Å²) in [6.45, 7) is 7.88. The van der Waals surface area contributed by atoms with Crippen LogP contribution in [0.25, 0.3) is 11.0 Å². The van der Waals surface area contributed by atoms with E-state index in [0.29, 0.717) is 16.9 Å². The predicted octanol–water partition coefficient (Wildman–Crippen LogP) is 2.15. The number of nitrogens with one attached hydrogen (secondary N) is 1. The number of aromatic nitrogens is 4. The molecule has 2 N–H and O–H groups in total. The van der Waals surface area contributed by atoms with Crippen molar-refractivity contribution in [1.29, 1.82) is 0 Å². The number of aryl methyl sites for hydroxylation is 1. The number of hydrogen-bond donors (Lipinski definition) is 2. The highest BCUT2D eigenvalue weighted by Crippen LogP contribution is 2.30. The minimum Gasteiger partial charge on any atom is -0.400 e. The number of aliphatic hydroxyl groups excluding tert-OH is 1. The molecule has 124 valence electrons. The van der Waals surface area contributed by atoms with Gasteiger partial charge in [-0.15, -0.1) is 0 Å². The second kappa shape index (κ2) is 8.65. The Morgan fingerprint density at radius 2 is 2.09 bits per heavy atom. The molecular weight excluding hydrogens is 284 g/mol. The van der Waals surface area contributed by atoms with E-state index in [1.807, 2.05) is 13.8 Å². The van der Waals surface area contributed by atoms with Gasteiger partial charge < -0.3 is 14.8 Å². The minimum atomic E-state index is -0.145. The Morgan fingerprint density at radius 3 is 2.68 bits per heavy atom. The van der Waals surface area contributed by atoms with Gasteiger partial charge in [0.1, 0.15) is 11.2 Å². The standard InChI is InChI=1S/C12H16N4O2.C2H6.CH4O/c1-3-8-4-5-10(18-8)16-11-9(6-13-16)12(17)15-7(2)14-11;2*1-2/h6,8,10H,3-5H2,1-2H3,(H,14,15,17);1-2H3;2H,1H3/t8-,10-;;/m1../s1. The smallest absolute Gasteiger partial charge is 0.262 e. The number of nitrogens with zero attached hydrogens (tertiary/aromatic N) is 3. The zero-order chi connectivity index (χ0) is 16.7. The van der Waals surface area contributed by atoms with Gasteiger partial charge in [0.05, 0.1) is 12.3 Å². The molecule has 0 unspecified atom stereocenters. The molecule has 2 atom stereocenters. The molecule has 0 aliphatic carbocycles. The monoisotopic (exact) mass is 310 g/mol. The largest absolute Gasteiger partial charge is 0.400 e. The summed E-state index contributed by atoms with van der Waals surface area (Å²) in [7, 11) is 1.00. The average Bonchev–Trinajstić information content (AvgIpc) is 3.17. The van der Waals surface area contributed by atoms with Crippen LogP contribution in [-0.4, -0.2) is 38.1 Å². The van der Waals surface area contributed by atoms with Crippen molar-refractivity contribution in [3.05, 3.63) is 22.4 Å². The van der Waals surface area contributed by atoms with Crippen LogP contribution in [0.1, 0.15) is 52.1 Å². The van der Waals surface area contributed by atoms with Gasteiger partial charge in [-0.25, -0.2) is 9.67 Å². The molecule has 1 fully saturated rings. The molecule has 0 bridgehead atoms. The van der Waals surface area contributed by atoms with Crippen molar-refractivity contribution >= 4 is 11.0 Å². The Morgan fingerprint density at radius 1 is 1.41 bits per heavy atom. The first kappa shape index (κ1) is 18.3. The molecule has 1 aliphatic heterocycles. The number of aliphatic hydroxyl groups is 1. The number of ether oxygens (including phenoxy) is 1. The molecule has 7 nitrogen and oxygen atoms in total. The maximum Gasteiger partial charge on any atom is 0.262 e. The molecule has 22 heavy (non-hydrogen) atoms. The molecular formula is C15H26N4O3. The van der Waals surface area contributed by atoms with Gasteiger partial charge in [-0.3, -0.25) is 4.79 Å². The van der Waals surface area contributed by atoms with Crippen molar-refractivity contribution in [2.24, 2.45) is 0 Å². The Kier molecular flexibility index (Phi) is 7.20. The van der Waals surface area contributed by atoms with Crippen molar-refractivity contribution in [2.75, 3.05) is 7.11 Å². The third-order valence-electron chi connectivity index (χ3n) is 3.40. The lowest BCUT2D eigenvalue weighted by atomic mass is 10.2. The lowest BCUT2D eigenvalue weighted by molar-refractivity contribution is -0.00404. The predicted molar refractivity (Wildman–Crippen MR) is 85.8 cm³/mol. The van der Waals surface area contributed by atoms with Crippen LogP contribution in [0.2, 0.25) is 0 Å². The van der Waals surface area contributed by atoms with Crippen LogP contribution < -0.4 is 5.56 Å². The summed E-state index contributed by atoms with van der Waals surface area (Å²) in [6, 6.07) is 0. The van der Waals surface area contributed by atoms with Crippen molar-refractivity contribution < 1.29 is 9.84 Å². The Labute approximate surface area is 130 Å². The van der Waals surface area contributed by atoms with E-state index in [1.54, 1.807) is 17.8 Å². The maximum absolute atomic E-state index is 11.8. The molecule has 1 aliphatic rings. The maximum atomic E-state index is 11.8. The Bertz CT molecular complexity index is 635. The average molecular weight is 310 g/mol. The van der Waals surface area contributed by atoms with Crippen molar-refractivity contribution in [3.63, 3.8) is 0 Å². The summed E-state index contributed by atoms with van der Waals surface area (Å²) >= 11 is 0. The van der Waals surface area contributed by atoms with Crippen LogP contribution in [0.3, 0.4) is 0 Å². The molecule has 0 radical (unpaired) electrons. The highest BCUT2D eigenvalue weighted by atomic mass is 16.5. The molecule has 0 saturated carbocycles. The zero-order valence-electron chi connectivity index (χ0n) is 14.0. The summed E-state index contributed by atoms with van der Waals surface area (Å²) in [5.41, 5.74) is 0.465. The van der Waals surface area contributed by atoms with Gasteiger partial charge in [0.2, 0.25) is 0 Å². The molecule has 0 amide bonds. The van der Waals surface area contributed by atoms with Crippen LogP contribution in [0.4, 0.5) is 0 Å². The summed E-state index contributed by atoms with van der Waals surface area (Å²) in [4.78, 5) is 18.8. The highest BCUT2D eigenvalue weighted by Gasteiger charge is 2.27. The van der Waals surface area contributed by atoms with E-state index in [2.05, 4.69) is 22.0 Å². The first-order valence-corrected chi connectivity index (χ1v) is 7.73. The zero-order valence-corrected chi connectivity index (χ0v) is 14.0. The van der Waals surface area contributed by atoms with Gasteiger partial charge in [-0.1, -0.05) is 20.8 Å². The molecule has 2 aromatic heterocycles. The van der Waals surface area contributed by atoms with E-state index in [9.17, 15) is 4.79 Å². The number of H-pyrrole nitrogens is 1. The van der Waals surface area contributed by atoms with Gasteiger partial charge >= 0.3 is 0 Å². The Balaban J connectivity index is 0.000000561. The number of hydrogen-bond acceptors (Lipinski definition) is 5. The van der Waals surface area contributed by atoms with Crippen LogP contribution in [-0.2, 0) is 4.74 Å². The first-order valence-electron chi connectivity index (χ1n) is 7.73. The highest BCUT2D eigenvalue weighted by molar-refractivity contribution is 5.73. The van der Waals surface area contributed by atoms with E-state index in [0.717, 1.165) is 26.4 Å². The van der Waals surface area contributed by atoms with Crippen molar-refractivity contribution in [1.82, 2.24) is 19.7 Å². The van der Waals surface area contributed by atoms with Crippen LogP contribution in [0, 0.1) is 6.92 Å². The third-order valence-corrected chi connectivity index (χ3v) is 3.40. The second-order valence-electron chi connectivity index (χ2n) is 4.68. The fraction of sp³-hybridized carbons (Fsp3) is 0.667. The van der Waals surface area contributed by atoms with Crippen molar-refractivity contribution in [3.8, 4) is 0 Å². The quantitative estimate of drug-likeness (QED) is 0.886. The fourth-order valence-electron chi connectivity index (χ4n) is 2.42. The summed E-state index contributed by atoms with van der Waals surface area (Å²) < 4.78 is 7.62. The molecule has 3 rings (SSSR count). The van der Waals surface area contributed by atoms with Gasteiger partial charge in [-0.2, -0.15) is 5.10 Å². The summed E-state index contributed by atoms with van der Waals surface area (Å²) in [6.07, 6.45) is 4.71.